The first-order valence-corrected chi connectivity index (χ1v) is 6.47. The molecule has 0 aromatic heterocycles. The van der Waals surface area contributed by atoms with Crippen LogP contribution in [0.2, 0.25) is 0 Å². The maximum atomic E-state index is 9.74. The van der Waals surface area contributed by atoms with Gasteiger partial charge in [-0.05, 0) is 40.5 Å². The number of hydrogen-bond donors (Lipinski definition) is 2. The average Bonchev–Trinajstić information content (AvgIpc) is 2.61. The van der Waals surface area contributed by atoms with E-state index in [9.17, 15) is 5.11 Å². The number of rotatable bonds is 6. The summed E-state index contributed by atoms with van der Waals surface area (Å²) in [4.78, 5) is 0. The maximum absolute atomic E-state index is 9.74. The molecule has 1 aliphatic heterocycles. The number of aliphatic hydroxyl groups is 1. The Kier molecular flexibility index (Phi) is 5.38. The summed E-state index contributed by atoms with van der Waals surface area (Å²) in [7, 11) is 0. The third-order valence-corrected chi connectivity index (χ3v) is 2.89. The van der Waals surface area contributed by atoms with E-state index in [4.69, 9.17) is 9.47 Å². The summed E-state index contributed by atoms with van der Waals surface area (Å²) >= 11 is 0. The minimum Gasteiger partial charge on any atom is -0.389 e. The molecule has 17 heavy (non-hydrogen) atoms. The van der Waals surface area contributed by atoms with Crippen LogP contribution in [-0.4, -0.2) is 48.7 Å². The number of ether oxygens (including phenoxy) is 2. The molecule has 1 aliphatic rings. The van der Waals surface area contributed by atoms with Crippen LogP contribution in [0.1, 0.15) is 40.5 Å². The molecule has 1 fully saturated rings. The highest BCUT2D eigenvalue weighted by Crippen LogP contribution is 2.23. The summed E-state index contributed by atoms with van der Waals surface area (Å²) in [5.74, 6) is 0. The van der Waals surface area contributed by atoms with Crippen molar-refractivity contribution in [3.63, 3.8) is 0 Å². The lowest BCUT2D eigenvalue weighted by Crippen LogP contribution is -2.41. The molecule has 0 spiro atoms. The van der Waals surface area contributed by atoms with Crippen molar-refractivity contribution in [2.75, 3.05) is 26.3 Å². The second-order valence-electron chi connectivity index (χ2n) is 6.11. The second kappa shape index (κ2) is 6.14. The standard InChI is InChI=1S/C13H27NO3/c1-12(2,3)17-9-11(15)8-14-10-13(4)6-5-7-16-13/h11,14-15H,5-10H2,1-4H3. The SMILES string of the molecule is CC(C)(C)OCC(O)CNCC1(C)CCCO1. The van der Waals surface area contributed by atoms with E-state index >= 15 is 0 Å². The Morgan fingerprint density at radius 2 is 2.18 bits per heavy atom. The van der Waals surface area contributed by atoms with E-state index in [0.717, 1.165) is 26.0 Å². The van der Waals surface area contributed by atoms with E-state index in [0.29, 0.717) is 13.2 Å². The zero-order valence-electron chi connectivity index (χ0n) is 11.6. The van der Waals surface area contributed by atoms with Crippen LogP contribution < -0.4 is 5.32 Å². The van der Waals surface area contributed by atoms with Crippen LogP contribution >= 0.6 is 0 Å². The molecule has 0 radical (unpaired) electrons. The Bertz CT molecular complexity index is 219. The first kappa shape index (κ1) is 14.9. The van der Waals surface area contributed by atoms with Crippen molar-refractivity contribution in [3.8, 4) is 0 Å². The predicted octanol–water partition coefficient (Wildman–Crippen LogP) is 1.32. The van der Waals surface area contributed by atoms with Crippen LogP contribution in [0.3, 0.4) is 0 Å². The summed E-state index contributed by atoms with van der Waals surface area (Å²) in [6.45, 7) is 10.6. The Morgan fingerprint density at radius 1 is 1.47 bits per heavy atom. The molecule has 4 heteroatoms. The second-order valence-corrected chi connectivity index (χ2v) is 6.11. The Labute approximate surface area is 105 Å². The van der Waals surface area contributed by atoms with Gasteiger partial charge in [0.05, 0.1) is 23.9 Å². The molecule has 0 aliphatic carbocycles. The Hall–Kier alpha value is -0.160. The molecule has 4 nitrogen and oxygen atoms in total. The molecular weight excluding hydrogens is 218 g/mol. The molecule has 102 valence electrons. The minimum atomic E-state index is -0.459. The van der Waals surface area contributed by atoms with E-state index in [2.05, 4.69) is 12.2 Å². The normalized spacial score (nSPS) is 27.4. The van der Waals surface area contributed by atoms with Crippen LogP contribution in [0.4, 0.5) is 0 Å². The van der Waals surface area contributed by atoms with Crippen molar-refractivity contribution < 1.29 is 14.6 Å². The first-order chi connectivity index (χ1) is 7.81. The third-order valence-electron chi connectivity index (χ3n) is 2.89. The molecule has 0 aromatic rings. The lowest BCUT2D eigenvalue weighted by Gasteiger charge is -2.25. The fraction of sp³-hybridized carbons (Fsp3) is 1.00. The van der Waals surface area contributed by atoms with Gasteiger partial charge in [0, 0.05) is 19.7 Å². The largest absolute Gasteiger partial charge is 0.389 e. The van der Waals surface area contributed by atoms with Crippen molar-refractivity contribution >= 4 is 0 Å². The van der Waals surface area contributed by atoms with Crippen molar-refractivity contribution in [2.24, 2.45) is 0 Å². The van der Waals surface area contributed by atoms with Crippen LogP contribution in [-0.2, 0) is 9.47 Å². The van der Waals surface area contributed by atoms with Gasteiger partial charge in [0.1, 0.15) is 0 Å². The van der Waals surface area contributed by atoms with E-state index in [1.165, 1.54) is 0 Å². The smallest absolute Gasteiger partial charge is 0.0897 e. The molecule has 1 heterocycles. The van der Waals surface area contributed by atoms with Gasteiger partial charge in [-0.2, -0.15) is 0 Å². The highest BCUT2D eigenvalue weighted by Gasteiger charge is 2.29. The van der Waals surface area contributed by atoms with Crippen LogP contribution in [0.25, 0.3) is 0 Å². The van der Waals surface area contributed by atoms with Crippen LogP contribution in [0.5, 0.6) is 0 Å². The zero-order chi connectivity index (χ0) is 12.9. The Morgan fingerprint density at radius 3 is 2.71 bits per heavy atom. The summed E-state index contributed by atoms with van der Waals surface area (Å²) in [6, 6.07) is 0. The number of hydrogen-bond acceptors (Lipinski definition) is 4. The van der Waals surface area contributed by atoms with Crippen molar-refractivity contribution in [1.82, 2.24) is 5.32 Å². The van der Waals surface area contributed by atoms with Crippen molar-refractivity contribution in [2.45, 2.75) is 57.8 Å². The van der Waals surface area contributed by atoms with E-state index in [1.807, 2.05) is 20.8 Å². The molecule has 0 bridgehead atoms. The summed E-state index contributed by atoms with van der Waals surface area (Å²) in [6.07, 6.45) is 1.77. The van der Waals surface area contributed by atoms with E-state index in [-0.39, 0.29) is 11.2 Å². The topological polar surface area (TPSA) is 50.7 Å². The van der Waals surface area contributed by atoms with Gasteiger partial charge in [-0.1, -0.05) is 0 Å². The van der Waals surface area contributed by atoms with Crippen LogP contribution in [0.15, 0.2) is 0 Å². The fourth-order valence-electron chi connectivity index (χ4n) is 1.88. The van der Waals surface area contributed by atoms with E-state index < -0.39 is 6.10 Å². The van der Waals surface area contributed by atoms with Gasteiger partial charge < -0.3 is 19.9 Å². The summed E-state index contributed by atoms with van der Waals surface area (Å²) in [5, 5.41) is 13.0. The molecule has 2 atom stereocenters. The number of nitrogens with one attached hydrogen (secondary N) is 1. The molecule has 1 rings (SSSR count). The highest BCUT2D eigenvalue weighted by molar-refractivity contribution is 4.82. The lowest BCUT2D eigenvalue weighted by molar-refractivity contribution is -0.0496. The highest BCUT2D eigenvalue weighted by atomic mass is 16.5. The summed E-state index contributed by atoms with van der Waals surface area (Å²) < 4.78 is 11.2. The molecule has 2 unspecified atom stereocenters. The van der Waals surface area contributed by atoms with Crippen molar-refractivity contribution in [3.05, 3.63) is 0 Å². The fourth-order valence-corrected chi connectivity index (χ4v) is 1.88. The Balaban J connectivity index is 2.09. The monoisotopic (exact) mass is 245 g/mol. The van der Waals surface area contributed by atoms with E-state index in [1.54, 1.807) is 0 Å². The van der Waals surface area contributed by atoms with Gasteiger partial charge in [-0.15, -0.1) is 0 Å². The van der Waals surface area contributed by atoms with Gasteiger partial charge in [0.15, 0.2) is 0 Å². The van der Waals surface area contributed by atoms with Gasteiger partial charge in [0.2, 0.25) is 0 Å². The quantitative estimate of drug-likeness (QED) is 0.741. The molecule has 0 saturated carbocycles. The lowest BCUT2D eigenvalue weighted by atomic mass is 10.0. The van der Waals surface area contributed by atoms with Crippen LogP contribution in [0, 0.1) is 0 Å². The maximum Gasteiger partial charge on any atom is 0.0897 e. The average molecular weight is 245 g/mol. The molecule has 0 aromatic carbocycles. The van der Waals surface area contributed by atoms with Gasteiger partial charge in [0.25, 0.3) is 0 Å². The third kappa shape index (κ3) is 6.36. The minimum absolute atomic E-state index is 0.0510. The number of aliphatic hydroxyl groups excluding tert-OH is 1. The predicted molar refractivity (Wildman–Crippen MR) is 68.2 cm³/mol. The molecular formula is C13H27NO3. The molecule has 2 N–H and O–H groups in total. The van der Waals surface area contributed by atoms with Crippen molar-refractivity contribution in [1.29, 1.82) is 0 Å². The van der Waals surface area contributed by atoms with Gasteiger partial charge in [-0.3, -0.25) is 0 Å². The zero-order valence-corrected chi connectivity index (χ0v) is 11.6. The molecule has 1 saturated heterocycles. The first-order valence-electron chi connectivity index (χ1n) is 6.47. The molecule has 0 amide bonds. The van der Waals surface area contributed by atoms with Gasteiger partial charge >= 0.3 is 0 Å². The van der Waals surface area contributed by atoms with Gasteiger partial charge in [-0.25, -0.2) is 0 Å². The summed E-state index contributed by atoms with van der Waals surface area (Å²) in [5.41, 5.74) is -0.244.